The zero-order valence-electron chi connectivity index (χ0n) is 6.52. The van der Waals surface area contributed by atoms with Crippen LogP contribution in [0, 0.1) is 0 Å². The highest BCUT2D eigenvalue weighted by Gasteiger charge is 2.01. The number of carbonyl (C=O) groups is 2. The quantitative estimate of drug-likeness (QED) is 0.603. The molecule has 0 aliphatic carbocycles. The molecule has 64 valence electrons. The first-order valence-corrected chi connectivity index (χ1v) is 4.69. The van der Waals surface area contributed by atoms with Crippen LogP contribution in [0.15, 0.2) is 0 Å². The molecule has 0 spiro atoms. The third kappa shape index (κ3) is 7.77. The Morgan fingerprint density at radius 3 is 2.45 bits per heavy atom. The van der Waals surface area contributed by atoms with Crippen LogP contribution in [0.5, 0.6) is 0 Å². The average molecular weight is 269 g/mol. The molecule has 0 aromatic heterocycles. The van der Waals surface area contributed by atoms with E-state index in [1.807, 2.05) is 6.92 Å². The van der Waals surface area contributed by atoms with Gasteiger partial charge in [-0.05, 0) is 29.0 Å². The summed E-state index contributed by atoms with van der Waals surface area (Å²) in [4.78, 5) is 21.3. The van der Waals surface area contributed by atoms with E-state index in [9.17, 15) is 9.59 Å². The minimum atomic E-state index is -0.0307. The van der Waals surface area contributed by atoms with Crippen molar-refractivity contribution in [3.8, 4) is 0 Å². The first kappa shape index (κ1) is 10.9. The van der Waals surface area contributed by atoms with Crippen LogP contribution in [0.3, 0.4) is 0 Å². The van der Waals surface area contributed by atoms with Gasteiger partial charge in [-0.15, -0.1) is 0 Å². The summed E-state index contributed by atoms with van der Waals surface area (Å²) in [6.45, 7) is 2.69. The Kier molecular flexibility index (Phi) is 6.49. The van der Waals surface area contributed by atoms with Crippen molar-refractivity contribution in [2.24, 2.45) is 0 Å². The third-order valence-corrected chi connectivity index (χ3v) is 1.66. The smallest absolute Gasteiger partial charge is 0.220 e. The Labute approximate surface area is 80.1 Å². The lowest BCUT2D eigenvalue weighted by Crippen LogP contribution is -2.23. The second-order valence-corrected chi connectivity index (χ2v) is 3.41. The molecule has 0 atom stereocenters. The van der Waals surface area contributed by atoms with Crippen LogP contribution in [-0.4, -0.2) is 16.2 Å². The van der Waals surface area contributed by atoms with Crippen molar-refractivity contribution < 1.29 is 9.59 Å². The first-order valence-electron chi connectivity index (χ1n) is 3.61. The number of hydrogen-bond acceptors (Lipinski definition) is 2. The first-order chi connectivity index (χ1) is 5.16. The van der Waals surface area contributed by atoms with Gasteiger partial charge in [0, 0.05) is 19.4 Å². The van der Waals surface area contributed by atoms with Crippen LogP contribution in [0.1, 0.15) is 26.2 Å². The predicted octanol–water partition coefficient (Wildman–Crippen LogP) is 1.25. The van der Waals surface area contributed by atoms with Crippen molar-refractivity contribution in [2.45, 2.75) is 26.2 Å². The maximum atomic E-state index is 10.8. The van der Waals surface area contributed by atoms with E-state index in [2.05, 4.69) is 5.32 Å². The molecule has 0 radical (unpaired) electrons. The number of rotatable bonds is 5. The summed E-state index contributed by atoms with van der Waals surface area (Å²) in [5.41, 5.74) is 0. The van der Waals surface area contributed by atoms with Gasteiger partial charge in [0.1, 0.15) is 0 Å². The van der Waals surface area contributed by atoms with Gasteiger partial charge in [0.25, 0.3) is 0 Å². The fourth-order valence-corrected chi connectivity index (χ4v) is 0.834. The van der Waals surface area contributed by atoms with Crippen molar-refractivity contribution in [1.82, 2.24) is 5.32 Å². The van der Waals surface area contributed by atoms with Gasteiger partial charge < -0.3 is 5.32 Å². The summed E-state index contributed by atoms with van der Waals surface area (Å²) in [5, 5.41) is 2.69. The molecule has 0 saturated carbocycles. The average Bonchev–Trinajstić information content (AvgIpc) is 1.97. The Morgan fingerprint density at radius 1 is 1.36 bits per heavy atom. The summed E-state index contributed by atoms with van der Waals surface area (Å²) in [6.07, 6.45) is 1.60. The third-order valence-electron chi connectivity index (χ3n) is 1.12. The zero-order chi connectivity index (χ0) is 8.69. The summed E-state index contributed by atoms with van der Waals surface area (Å²) in [6, 6.07) is 0. The number of nitrogens with one attached hydrogen (secondary N) is 1. The van der Waals surface area contributed by atoms with Crippen LogP contribution in [-0.2, 0) is 9.59 Å². The van der Waals surface area contributed by atoms with Crippen LogP contribution in [0.25, 0.3) is 0 Å². The molecule has 0 aliphatic rings. The Bertz CT molecular complexity index is 147. The Balaban J connectivity index is 3.30. The van der Waals surface area contributed by atoms with E-state index < -0.39 is 0 Å². The summed E-state index contributed by atoms with van der Waals surface area (Å²) >= 11 is 1.69. The molecular formula is C7H12INO2. The highest BCUT2D eigenvalue weighted by atomic mass is 127. The molecule has 1 amide bonds. The van der Waals surface area contributed by atoms with Crippen LogP contribution >= 0.6 is 22.6 Å². The van der Waals surface area contributed by atoms with Crippen molar-refractivity contribution in [2.75, 3.05) is 6.54 Å². The highest BCUT2D eigenvalue weighted by molar-refractivity contribution is 14.1. The van der Waals surface area contributed by atoms with Crippen molar-refractivity contribution >= 4 is 32.3 Å². The van der Waals surface area contributed by atoms with Gasteiger partial charge in [-0.3, -0.25) is 9.59 Å². The molecule has 0 heterocycles. The molecular weight excluding hydrogens is 257 g/mol. The standard InChI is InChI=1S/C7H12INO2/c1-2-5-9-7(11)4-3-6(8)10/h2-5H2,1H3,(H,9,11). The maximum absolute atomic E-state index is 10.8. The molecule has 1 N–H and O–H groups in total. The minimum absolute atomic E-state index is 0.0307. The monoisotopic (exact) mass is 269 g/mol. The lowest BCUT2D eigenvalue weighted by molar-refractivity contribution is -0.122. The van der Waals surface area contributed by atoms with E-state index in [1.165, 1.54) is 0 Å². The zero-order valence-corrected chi connectivity index (χ0v) is 8.68. The molecule has 3 nitrogen and oxygen atoms in total. The molecule has 0 unspecified atom stereocenters. The van der Waals surface area contributed by atoms with Crippen LogP contribution < -0.4 is 5.32 Å². The molecule has 11 heavy (non-hydrogen) atoms. The van der Waals surface area contributed by atoms with E-state index in [0.717, 1.165) is 6.42 Å². The lowest BCUT2D eigenvalue weighted by Gasteiger charge is -2.00. The second kappa shape index (κ2) is 6.57. The number of carbonyl (C=O) groups excluding carboxylic acids is 2. The van der Waals surface area contributed by atoms with E-state index in [-0.39, 0.29) is 9.70 Å². The van der Waals surface area contributed by atoms with Gasteiger partial charge in [-0.25, -0.2) is 0 Å². The number of halogens is 1. The normalized spacial score (nSPS) is 9.27. The molecule has 0 aromatic rings. The molecule has 0 aromatic carbocycles. The fraction of sp³-hybridized carbons (Fsp3) is 0.714. The summed E-state index contributed by atoms with van der Waals surface area (Å²) < 4.78 is 0.0363. The van der Waals surface area contributed by atoms with Gasteiger partial charge in [-0.1, -0.05) is 6.92 Å². The van der Waals surface area contributed by atoms with Crippen LogP contribution in [0.2, 0.25) is 0 Å². The second-order valence-electron chi connectivity index (χ2n) is 2.21. The minimum Gasteiger partial charge on any atom is -0.356 e. The van der Waals surface area contributed by atoms with Crippen molar-refractivity contribution in [3.63, 3.8) is 0 Å². The highest BCUT2D eigenvalue weighted by Crippen LogP contribution is 1.96. The van der Waals surface area contributed by atoms with Gasteiger partial charge in [0.2, 0.25) is 5.91 Å². The van der Waals surface area contributed by atoms with E-state index in [4.69, 9.17) is 0 Å². The largest absolute Gasteiger partial charge is 0.356 e. The predicted molar refractivity (Wildman–Crippen MR) is 51.6 cm³/mol. The molecule has 0 fully saturated rings. The Morgan fingerprint density at radius 2 is 2.00 bits per heavy atom. The SMILES string of the molecule is CCCNC(=O)CCC(=O)I. The molecule has 0 saturated heterocycles. The Hall–Kier alpha value is -0.130. The molecule has 0 rings (SSSR count). The van der Waals surface area contributed by atoms with Gasteiger partial charge in [-0.2, -0.15) is 0 Å². The molecule has 4 heteroatoms. The van der Waals surface area contributed by atoms with Gasteiger partial charge in [0.05, 0.1) is 0 Å². The van der Waals surface area contributed by atoms with Gasteiger partial charge in [0.15, 0.2) is 3.79 Å². The van der Waals surface area contributed by atoms with E-state index in [0.29, 0.717) is 19.4 Å². The lowest BCUT2D eigenvalue weighted by atomic mass is 10.3. The van der Waals surface area contributed by atoms with Crippen LogP contribution in [0.4, 0.5) is 0 Å². The van der Waals surface area contributed by atoms with Crippen molar-refractivity contribution in [3.05, 3.63) is 0 Å². The summed E-state index contributed by atoms with van der Waals surface area (Å²) in [7, 11) is 0. The molecule has 0 aliphatic heterocycles. The van der Waals surface area contributed by atoms with Gasteiger partial charge >= 0.3 is 0 Å². The molecule has 0 bridgehead atoms. The fourth-order valence-electron chi connectivity index (χ4n) is 0.565. The topological polar surface area (TPSA) is 46.2 Å². The summed E-state index contributed by atoms with van der Waals surface area (Å²) in [5.74, 6) is -0.0307. The number of amides is 1. The van der Waals surface area contributed by atoms with E-state index in [1.54, 1.807) is 22.6 Å². The number of hydrogen-bond donors (Lipinski definition) is 1. The van der Waals surface area contributed by atoms with Crippen molar-refractivity contribution in [1.29, 1.82) is 0 Å². The maximum Gasteiger partial charge on any atom is 0.220 e. The van der Waals surface area contributed by atoms with E-state index >= 15 is 0 Å².